The smallest absolute Gasteiger partial charge is 0.305 e. The number of hydrogen-bond donors (Lipinski definition) is 2. The van der Waals surface area contributed by atoms with Crippen molar-refractivity contribution in [1.82, 2.24) is 10.3 Å². The third-order valence-electron chi connectivity index (χ3n) is 2.65. The van der Waals surface area contributed by atoms with Crippen molar-refractivity contribution < 1.29 is 14.7 Å². The number of carboxylic acid groups (broad SMARTS) is 1. The van der Waals surface area contributed by atoms with Crippen molar-refractivity contribution in [2.45, 2.75) is 33.2 Å². The van der Waals surface area contributed by atoms with E-state index in [9.17, 15) is 9.59 Å². The summed E-state index contributed by atoms with van der Waals surface area (Å²) in [6.45, 7) is 5.68. The van der Waals surface area contributed by atoms with E-state index in [2.05, 4.69) is 10.3 Å². The lowest BCUT2D eigenvalue weighted by Crippen LogP contribution is -2.45. The highest BCUT2D eigenvalue weighted by atomic mass is 16.4. The largest absolute Gasteiger partial charge is 0.481 e. The molecule has 1 unspecified atom stereocenters. The molecule has 0 aromatic carbocycles. The molecule has 1 atom stereocenters. The van der Waals surface area contributed by atoms with E-state index in [0.29, 0.717) is 5.56 Å². The van der Waals surface area contributed by atoms with Crippen LogP contribution in [0.15, 0.2) is 24.5 Å². The molecule has 0 spiro atoms. The van der Waals surface area contributed by atoms with Gasteiger partial charge in [0.25, 0.3) is 5.91 Å². The molecule has 0 saturated carbocycles. The Labute approximate surface area is 106 Å². The van der Waals surface area contributed by atoms with Crippen molar-refractivity contribution in [3.63, 3.8) is 0 Å². The average molecular weight is 250 g/mol. The molecule has 1 aromatic heterocycles. The van der Waals surface area contributed by atoms with Gasteiger partial charge in [0, 0.05) is 18.4 Å². The van der Waals surface area contributed by atoms with Gasteiger partial charge >= 0.3 is 5.97 Å². The molecule has 0 bridgehead atoms. The standard InChI is InChI=1S/C13H18N2O3/c1-13(2,3)10(7-11(16)17)15-12(18)9-5-4-6-14-8-9/h4-6,8,10H,7H2,1-3H3,(H,15,18)(H,16,17). The third kappa shape index (κ3) is 4.16. The molecule has 1 rings (SSSR count). The zero-order chi connectivity index (χ0) is 13.8. The van der Waals surface area contributed by atoms with Gasteiger partial charge in [-0.1, -0.05) is 20.8 Å². The van der Waals surface area contributed by atoms with Crippen LogP contribution in [0, 0.1) is 5.41 Å². The Hall–Kier alpha value is -1.91. The first-order valence-corrected chi connectivity index (χ1v) is 5.73. The molecule has 1 aromatic rings. The molecule has 2 N–H and O–H groups in total. The highest BCUT2D eigenvalue weighted by Gasteiger charge is 2.28. The third-order valence-corrected chi connectivity index (χ3v) is 2.65. The molecule has 0 aliphatic carbocycles. The number of carbonyl (C=O) groups is 2. The summed E-state index contributed by atoms with van der Waals surface area (Å²) in [5.41, 5.74) is 0.105. The zero-order valence-electron chi connectivity index (χ0n) is 10.8. The van der Waals surface area contributed by atoms with E-state index in [4.69, 9.17) is 5.11 Å². The predicted octanol–water partition coefficient (Wildman–Crippen LogP) is 1.70. The second-order valence-electron chi connectivity index (χ2n) is 5.23. The Morgan fingerprint density at radius 3 is 2.56 bits per heavy atom. The van der Waals surface area contributed by atoms with Gasteiger partial charge in [-0.25, -0.2) is 0 Å². The number of pyridine rings is 1. The summed E-state index contributed by atoms with van der Waals surface area (Å²) >= 11 is 0. The second-order valence-corrected chi connectivity index (χ2v) is 5.23. The Bertz CT molecular complexity index is 424. The number of aliphatic carboxylic acids is 1. The van der Waals surface area contributed by atoms with Crippen LogP contribution in [-0.4, -0.2) is 28.0 Å². The number of carbonyl (C=O) groups excluding carboxylic acids is 1. The lowest BCUT2D eigenvalue weighted by molar-refractivity contribution is -0.138. The average Bonchev–Trinajstić information content (AvgIpc) is 2.27. The maximum absolute atomic E-state index is 11.9. The van der Waals surface area contributed by atoms with Gasteiger partial charge in [-0.3, -0.25) is 14.6 Å². The number of nitrogens with one attached hydrogen (secondary N) is 1. The fourth-order valence-corrected chi connectivity index (χ4v) is 1.49. The molecule has 98 valence electrons. The molecule has 0 saturated heterocycles. The minimum absolute atomic E-state index is 0.102. The number of carboxylic acids is 1. The summed E-state index contributed by atoms with van der Waals surface area (Å²) in [6.07, 6.45) is 2.93. The Balaban J connectivity index is 2.78. The monoisotopic (exact) mass is 250 g/mol. The fraction of sp³-hybridized carbons (Fsp3) is 0.462. The fourth-order valence-electron chi connectivity index (χ4n) is 1.49. The topological polar surface area (TPSA) is 79.3 Å². The van der Waals surface area contributed by atoms with Crippen LogP contribution in [0.5, 0.6) is 0 Å². The highest BCUT2D eigenvalue weighted by molar-refractivity contribution is 5.94. The van der Waals surface area contributed by atoms with Gasteiger partial charge in [-0.15, -0.1) is 0 Å². The minimum Gasteiger partial charge on any atom is -0.481 e. The maximum atomic E-state index is 11.9. The van der Waals surface area contributed by atoms with Crippen LogP contribution in [0.25, 0.3) is 0 Å². The summed E-state index contributed by atoms with van der Waals surface area (Å²) in [5.74, 6) is -1.23. The maximum Gasteiger partial charge on any atom is 0.305 e. The second kappa shape index (κ2) is 5.62. The normalized spacial score (nSPS) is 12.8. The molecular formula is C13H18N2O3. The number of amides is 1. The molecule has 5 heteroatoms. The van der Waals surface area contributed by atoms with E-state index in [0.717, 1.165) is 0 Å². The van der Waals surface area contributed by atoms with Gasteiger partial charge in [-0.05, 0) is 17.5 Å². The molecule has 0 aliphatic rings. The Morgan fingerprint density at radius 2 is 2.11 bits per heavy atom. The first-order valence-electron chi connectivity index (χ1n) is 5.73. The predicted molar refractivity (Wildman–Crippen MR) is 67.2 cm³/mol. The quantitative estimate of drug-likeness (QED) is 0.852. The molecule has 18 heavy (non-hydrogen) atoms. The number of aromatic nitrogens is 1. The summed E-state index contributed by atoms with van der Waals surface area (Å²) in [7, 11) is 0. The number of rotatable bonds is 4. The van der Waals surface area contributed by atoms with Crippen LogP contribution in [0.1, 0.15) is 37.6 Å². The van der Waals surface area contributed by atoms with Crippen LogP contribution in [-0.2, 0) is 4.79 Å². The van der Waals surface area contributed by atoms with E-state index in [1.807, 2.05) is 20.8 Å². The van der Waals surface area contributed by atoms with Gasteiger partial charge < -0.3 is 10.4 Å². The van der Waals surface area contributed by atoms with Crippen molar-refractivity contribution >= 4 is 11.9 Å². The van der Waals surface area contributed by atoms with E-state index in [1.54, 1.807) is 18.3 Å². The first kappa shape index (κ1) is 14.2. The lowest BCUT2D eigenvalue weighted by Gasteiger charge is -2.30. The minimum atomic E-state index is -0.929. The van der Waals surface area contributed by atoms with Gasteiger partial charge in [0.1, 0.15) is 0 Å². The Kier molecular flexibility index (Phi) is 4.42. The van der Waals surface area contributed by atoms with Crippen molar-refractivity contribution in [3.8, 4) is 0 Å². The molecular weight excluding hydrogens is 232 g/mol. The SMILES string of the molecule is CC(C)(C)C(CC(=O)O)NC(=O)c1cccnc1. The van der Waals surface area contributed by atoms with Crippen molar-refractivity contribution in [3.05, 3.63) is 30.1 Å². The molecule has 0 radical (unpaired) electrons. The van der Waals surface area contributed by atoms with Gasteiger partial charge in [-0.2, -0.15) is 0 Å². The van der Waals surface area contributed by atoms with E-state index in [1.165, 1.54) is 6.20 Å². The summed E-state index contributed by atoms with van der Waals surface area (Å²) in [6, 6.07) is 2.88. The molecule has 5 nitrogen and oxygen atoms in total. The number of hydrogen-bond acceptors (Lipinski definition) is 3. The van der Waals surface area contributed by atoms with E-state index < -0.39 is 12.0 Å². The molecule has 1 heterocycles. The first-order chi connectivity index (χ1) is 8.30. The van der Waals surface area contributed by atoms with Crippen LogP contribution in [0.4, 0.5) is 0 Å². The van der Waals surface area contributed by atoms with E-state index >= 15 is 0 Å². The number of nitrogens with zero attached hydrogens (tertiary/aromatic N) is 1. The molecule has 0 fully saturated rings. The van der Waals surface area contributed by atoms with Crippen molar-refractivity contribution in [2.24, 2.45) is 5.41 Å². The van der Waals surface area contributed by atoms with Crippen LogP contribution in [0.2, 0.25) is 0 Å². The van der Waals surface area contributed by atoms with Crippen molar-refractivity contribution in [1.29, 1.82) is 0 Å². The summed E-state index contributed by atoms with van der Waals surface area (Å²) in [4.78, 5) is 26.6. The van der Waals surface area contributed by atoms with Gasteiger partial charge in [0.2, 0.25) is 0 Å². The van der Waals surface area contributed by atoms with Gasteiger partial charge in [0.15, 0.2) is 0 Å². The van der Waals surface area contributed by atoms with E-state index in [-0.39, 0.29) is 17.7 Å². The van der Waals surface area contributed by atoms with Crippen LogP contribution in [0.3, 0.4) is 0 Å². The van der Waals surface area contributed by atoms with Gasteiger partial charge in [0.05, 0.1) is 12.0 Å². The molecule has 1 amide bonds. The van der Waals surface area contributed by atoms with Crippen molar-refractivity contribution in [2.75, 3.05) is 0 Å². The molecule has 0 aliphatic heterocycles. The zero-order valence-corrected chi connectivity index (χ0v) is 10.8. The van der Waals surface area contributed by atoms with Crippen LogP contribution >= 0.6 is 0 Å². The Morgan fingerprint density at radius 1 is 1.44 bits per heavy atom. The van der Waals surface area contributed by atoms with Crippen LogP contribution < -0.4 is 5.32 Å². The summed E-state index contributed by atoms with van der Waals surface area (Å²) in [5, 5.41) is 11.6. The lowest BCUT2D eigenvalue weighted by atomic mass is 9.84. The highest BCUT2D eigenvalue weighted by Crippen LogP contribution is 2.22. The summed E-state index contributed by atoms with van der Waals surface area (Å²) < 4.78 is 0.